The molecule has 0 amide bonds. The second kappa shape index (κ2) is 11.2. The van der Waals surface area contributed by atoms with E-state index in [9.17, 15) is 15.2 Å². The maximum atomic E-state index is 9.53. The second-order valence-corrected chi connectivity index (χ2v) is 4.99. The van der Waals surface area contributed by atoms with E-state index in [1.54, 1.807) is 0 Å². The van der Waals surface area contributed by atoms with Crippen LogP contribution >= 0.6 is 0 Å². The Hall–Kier alpha value is 2.09. The summed E-state index contributed by atoms with van der Waals surface area (Å²) >= 11 is -11.5. The molecule has 0 saturated carbocycles. The molecular weight excluding hydrogens is 321 g/mol. The van der Waals surface area contributed by atoms with Crippen LogP contribution in [0, 0.1) is 0 Å². The summed E-state index contributed by atoms with van der Waals surface area (Å²) < 4.78 is 56.3. The molecule has 15 heteroatoms. The Kier molecular flexibility index (Phi) is 19.3. The van der Waals surface area contributed by atoms with Gasteiger partial charge in [0.1, 0.15) is 0 Å². The van der Waals surface area contributed by atoms with E-state index < -0.39 is 34.5 Å². The van der Waals surface area contributed by atoms with E-state index in [-0.39, 0.29) is 59.1 Å². The molecule has 0 aromatic rings. The summed E-state index contributed by atoms with van der Waals surface area (Å²) in [6.07, 6.45) is 0. The van der Waals surface area contributed by atoms with Crippen LogP contribution < -0.4 is 69.2 Å². The van der Waals surface area contributed by atoms with Crippen molar-refractivity contribution in [3.8, 4) is 0 Å². The standard InChI is InChI=1S/BHO3.2Cr.2Na.2H2O.5O/c2-1(3)4;;;;;;;;;;;/h2H;;;;;2*1H2;;;;;/q-2;4*+1;;;;;;;/p-2. The van der Waals surface area contributed by atoms with Gasteiger partial charge in [-0.05, 0) is 0 Å². The average molecular weight is 324 g/mol. The second-order valence-electron chi connectivity index (χ2n) is 1.23. The fourth-order valence-electron chi connectivity index (χ4n) is 0.109. The van der Waals surface area contributed by atoms with Crippen molar-refractivity contribution in [1.82, 2.24) is 0 Å². The van der Waals surface area contributed by atoms with Crippen LogP contribution in [0.5, 0.6) is 0 Å². The van der Waals surface area contributed by atoms with Crippen LogP contribution in [0.4, 0.5) is 0 Å². The monoisotopic (exact) mass is 324 g/mol. The summed E-state index contributed by atoms with van der Waals surface area (Å²) in [7, 11) is -2.67. The normalized spacial score (nSPS) is 9.93. The zero-order valence-electron chi connectivity index (χ0n) is 7.59. The van der Waals surface area contributed by atoms with Crippen LogP contribution in [-0.4, -0.2) is 20.7 Å². The van der Waals surface area contributed by atoms with E-state index in [4.69, 9.17) is 23.4 Å². The number of hydrogen-bond acceptors (Lipinski definition) is 8. The van der Waals surface area contributed by atoms with E-state index in [2.05, 4.69) is 2.84 Å². The van der Waals surface area contributed by atoms with Crippen LogP contribution in [0.25, 0.3) is 0 Å². The summed E-state index contributed by atoms with van der Waals surface area (Å²) in [4.78, 5) is 0. The van der Waals surface area contributed by atoms with Crippen LogP contribution in [0.3, 0.4) is 0 Å². The van der Waals surface area contributed by atoms with Crippen LogP contribution in [0.2, 0.25) is 0 Å². The van der Waals surface area contributed by atoms with Gasteiger partial charge in [-0.2, -0.15) is 0 Å². The summed E-state index contributed by atoms with van der Waals surface area (Å²) in [6.45, 7) is 0. The molecule has 0 aliphatic heterocycles. The molecular formula is H3BCr2Na2O10. The molecule has 0 spiro atoms. The predicted octanol–water partition coefficient (Wildman–Crippen LogP) is -11.0. The van der Waals surface area contributed by atoms with Gasteiger partial charge in [0, 0.05) is 0 Å². The first-order chi connectivity index (χ1) is 5.44. The van der Waals surface area contributed by atoms with E-state index >= 15 is 0 Å². The zero-order valence-corrected chi connectivity index (χ0v) is 14.1. The first-order valence-corrected chi connectivity index (χ1v) is 6.36. The van der Waals surface area contributed by atoms with Gasteiger partial charge < -0.3 is 15.1 Å². The molecule has 0 radical (unpaired) electrons. The topological polar surface area (TPSA) is 184 Å². The third kappa shape index (κ3) is 48.8. The molecule has 0 fully saturated rings. The van der Waals surface area contributed by atoms with Crippen molar-refractivity contribution in [2.45, 2.75) is 0 Å². The molecule has 0 saturated heterocycles. The Morgan fingerprint density at radius 1 is 0.933 bits per heavy atom. The van der Waals surface area contributed by atoms with E-state index in [1.165, 1.54) is 0 Å². The van der Waals surface area contributed by atoms with Crippen molar-refractivity contribution < 1.29 is 128 Å². The van der Waals surface area contributed by atoms with Crippen molar-refractivity contribution in [1.29, 1.82) is 0 Å². The molecule has 0 atom stereocenters. The number of rotatable bonds is 2. The Bertz CT molecular complexity index is 281. The van der Waals surface area contributed by atoms with Gasteiger partial charge in [-0.15, -0.1) is 0 Å². The van der Waals surface area contributed by atoms with Gasteiger partial charge in [-0.1, -0.05) is 0 Å². The van der Waals surface area contributed by atoms with Gasteiger partial charge in [-0.25, -0.2) is 0 Å². The van der Waals surface area contributed by atoms with Gasteiger partial charge in [0.05, 0.1) is 7.32 Å². The number of hydrogen-bond donors (Lipinski definition) is 3. The minimum absolute atomic E-state index is 0. The first kappa shape index (κ1) is 25.8. The molecule has 15 heavy (non-hydrogen) atoms. The molecule has 0 bridgehead atoms. The third-order valence-corrected chi connectivity index (χ3v) is 2.92. The van der Waals surface area contributed by atoms with Gasteiger partial charge in [-0.3, -0.25) is 0 Å². The predicted molar refractivity (Wildman–Crippen MR) is 16.2 cm³/mol. The molecule has 0 unspecified atom stereocenters. The minimum atomic E-state index is -5.76. The van der Waals surface area contributed by atoms with Crippen molar-refractivity contribution in [2.24, 2.45) is 0 Å². The zero-order chi connectivity index (χ0) is 11.3. The summed E-state index contributed by atoms with van der Waals surface area (Å²) in [5.41, 5.74) is 0. The molecule has 0 rings (SSSR count). The third-order valence-electron chi connectivity index (χ3n) is 0.172. The van der Waals surface area contributed by atoms with Crippen molar-refractivity contribution in [2.75, 3.05) is 0 Å². The van der Waals surface area contributed by atoms with Gasteiger partial charge >= 0.3 is 113 Å². The fourth-order valence-corrected chi connectivity index (χ4v) is 1.85. The first-order valence-electron chi connectivity index (χ1n) is 2.09. The molecule has 0 aliphatic carbocycles. The quantitative estimate of drug-likeness (QED) is 0.412. The van der Waals surface area contributed by atoms with E-state index in [1.807, 2.05) is 0 Å². The molecule has 80 valence electrons. The van der Waals surface area contributed by atoms with Crippen LogP contribution in [0.1, 0.15) is 0 Å². The van der Waals surface area contributed by atoms with Crippen LogP contribution in [-0.2, 0) is 45.3 Å². The molecule has 10 nitrogen and oxygen atoms in total. The van der Waals surface area contributed by atoms with Gasteiger partial charge in [0.2, 0.25) is 0 Å². The average Bonchev–Trinajstić information content (AvgIpc) is 1.47. The van der Waals surface area contributed by atoms with Crippen LogP contribution in [0.15, 0.2) is 0 Å². The summed E-state index contributed by atoms with van der Waals surface area (Å²) in [6, 6.07) is 0. The van der Waals surface area contributed by atoms with Crippen molar-refractivity contribution >= 4 is 7.32 Å². The molecule has 0 aromatic heterocycles. The molecule has 0 heterocycles. The summed E-state index contributed by atoms with van der Waals surface area (Å²) in [5, 5.41) is 24.0. The van der Waals surface area contributed by atoms with Crippen molar-refractivity contribution in [3.05, 3.63) is 0 Å². The SMILES string of the molecule is [Na+].[Na+].[O-]B([O-])O.[O]=[Cr](=[O])([OH])[O][Cr](=[O])(=[O])[OH]. The Morgan fingerprint density at radius 2 is 1.07 bits per heavy atom. The van der Waals surface area contributed by atoms with Gasteiger partial charge in [0.15, 0.2) is 0 Å². The van der Waals surface area contributed by atoms with Gasteiger partial charge in [0.25, 0.3) is 0 Å². The molecule has 0 aromatic carbocycles. The van der Waals surface area contributed by atoms with Crippen molar-refractivity contribution in [3.63, 3.8) is 0 Å². The molecule has 3 N–H and O–H groups in total. The summed E-state index contributed by atoms with van der Waals surface area (Å²) in [5.74, 6) is 0. The van der Waals surface area contributed by atoms with E-state index in [0.29, 0.717) is 0 Å². The Labute approximate surface area is 133 Å². The Morgan fingerprint density at radius 3 is 1.07 bits per heavy atom. The fraction of sp³-hybridized carbons (Fsp3) is 0. The van der Waals surface area contributed by atoms with E-state index in [0.717, 1.165) is 0 Å². The Balaban J connectivity index is -0.0000000883. The maximum absolute atomic E-state index is 9.53. The molecule has 0 aliphatic rings.